The molecule has 1 aromatic rings. The summed E-state index contributed by atoms with van der Waals surface area (Å²) in [4.78, 5) is 15.4. The third kappa shape index (κ3) is 1.17. The van der Waals surface area contributed by atoms with E-state index >= 15 is 0 Å². The van der Waals surface area contributed by atoms with Crippen LogP contribution in [-0.4, -0.2) is 16.6 Å². The molecule has 1 heterocycles. The lowest BCUT2D eigenvalue weighted by molar-refractivity contribution is 0.0697. The van der Waals surface area contributed by atoms with E-state index in [1.54, 1.807) is 12.1 Å². The number of fused-ring (bicyclic) bond motifs is 1. The minimum Gasteiger partial charge on any atom is -0.478 e. The number of rotatable bonds is 1. The topological polar surface area (TPSA) is 73.5 Å². The molecule has 0 spiro atoms. The number of hydrogen-bond acceptors (Lipinski definition) is 3. The summed E-state index contributed by atoms with van der Waals surface area (Å²) in [6.07, 6.45) is 0. The smallest absolute Gasteiger partial charge is 0.337 e. The van der Waals surface area contributed by atoms with E-state index in [4.69, 9.17) is 9.89 Å². The highest BCUT2D eigenvalue weighted by Crippen LogP contribution is 2.31. The Hall–Kier alpha value is -1.49. The molecule has 13 heavy (non-hydrogen) atoms. The Morgan fingerprint density at radius 2 is 2.31 bits per heavy atom. The van der Waals surface area contributed by atoms with E-state index in [1.807, 2.05) is 0 Å². The average molecular weight is 194 g/mol. The Kier molecular flexibility index (Phi) is 1.73. The van der Waals surface area contributed by atoms with Gasteiger partial charge in [-0.2, -0.15) is 0 Å². The molecule has 0 aliphatic carbocycles. The Labute approximate surface area is 76.8 Å². The molecule has 1 unspecified atom stereocenters. The van der Waals surface area contributed by atoms with Crippen LogP contribution in [0.25, 0.3) is 0 Å². The van der Waals surface area contributed by atoms with Gasteiger partial charge in [-0.25, -0.2) is 9.79 Å². The van der Waals surface area contributed by atoms with Crippen LogP contribution in [0, 0.1) is 4.78 Å². The van der Waals surface area contributed by atoms with E-state index in [-0.39, 0.29) is 5.56 Å². The fourth-order valence-electron chi connectivity index (χ4n) is 1.17. The molecule has 0 aromatic heterocycles. The summed E-state index contributed by atoms with van der Waals surface area (Å²) >= 11 is 0. The molecule has 1 aromatic carbocycles. The monoisotopic (exact) mass is 194 g/mol. The first-order valence-corrected chi connectivity index (χ1v) is 4.84. The van der Waals surface area contributed by atoms with Crippen molar-refractivity contribution in [3.05, 3.63) is 23.8 Å². The van der Waals surface area contributed by atoms with Crippen LogP contribution in [-0.2, 0) is 10.7 Å². The van der Waals surface area contributed by atoms with E-state index in [0.29, 0.717) is 10.6 Å². The van der Waals surface area contributed by atoms with Gasteiger partial charge in [-0.3, -0.25) is 4.78 Å². The first-order chi connectivity index (χ1) is 6.20. The standard InChI is InChI=1S/C8H6N2O2S/c9-13-4-10-7-5(8(11)12)2-1-3-6(7)13/h1-4,9H,(H,11,12). The maximum absolute atomic E-state index is 10.7. The number of carboxylic acids is 1. The van der Waals surface area contributed by atoms with Crippen LogP contribution < -0.4 is 0 Å². The van der Waals surface area contributed by atoms with Crippen LogP contribution in [0.4, 0.5) is 5.69 Å². The van der Waals surface area contributed by atoms with Gasteiger partial charge in [0.1, 0.15) is 0 Å². The highest BCUT2D eigenvalue weighted by atomic mass is 32.2. The number of aromatic carboxylic acids is 1. The predicted molar refractivity (Wildman–Crippen MR) is 49.9 cm³/mol. The van der Waals surface area contributed by atoms with Crippen molar-refractivity contribution >= 4 is 27.9 Å². The summed E-state index contributed by atoms with van der Waals surface area (Å²) in [5.41, 5.74) is 2.08. The first-order valence-electron chi connectivity index (χ1n) is 3.55. The average Bonchev–Trinajstić information content (AvgIpc) is 2.48. The van der Waals surface area contributed by atoms with Crippen molar-refractivity contribution in [2.45, 2.75) is 4.90 Å². The van der Waals surface area contributed by atoms with E-state index < -0.39 is 16.7 Å². The lowest BCUT2D eigenvalue weighted by atomic mass is 10.2. The van der Waals surface area contributed by atoms with Crippen molar-refractivity contribution < 1.29 is 9.90 Å². The molecular formula is C8H6N2O2S. The summed E-state index contributed by atoms with van der Waals surface area (Å²) in [6.45, 7) is 0. The number of hydrogen-bond donors (Lipinski definition) is 2. The van der Waals surface area contributed by atoms with Crippen molar-refractivity contribution in [1.29, 1.82) is 4.78 Å². The van der Waals surface area contributed by atoms with Crippen LogP contribution in [0.5, 0.6) is 0 Å². The quantitative estimate of drug-likeness (QED) is 0.715. The van der Waals surface area contributed by atoms with Gasteiger partial charge in [0.2, 0.25) is 0 Å². The fourth-order valence-corrected chi connectivity index (χ4v) is 2.09. The number of benzene rings is 1. The molecule has 0 amide bonds. The molecule has 4 nitrogen and oxygen atoms in total. The Morgan fingerprint density at radius 3 is 3.00 bits per heavy atom. The van der Waals surface area contributed by atoms with Gasteiger partial charge >= 0.3 is 5.97 Å². The molecule has 1 aliphatic heterocycles. The number of nitrogens with zero attached hydrogens (tertiary/aromatic N) is 1. The zero-order valence-corrected chi connectivity index (χ0v) is 7.34. The van der Waals surface area contributed by atoms with Crippen LogP contribution in [0.15, 0.2) is 28.1 Å². The zero-order chi connectivity index (χ0) is 9.42. The number of carboxylic acid groups (broad SMARTS) is 1. The van der Waals surface area contributed by atoms with E-state index in [0.717, 1.165) is 0 Å². The Bertz CT molecular complexity index is 440. The van der Waals surface area contributed by atoms with Gasteiger partial charge in [-0.05, 0) is 22.8 Å². The third-order valence-corrected chi connectivity index (χ3v) is 2.87. The lowest BCUT2D eigenvalue weighted by Crippen LogP contribution is -1.96. The van der Waals surface area contributed by atoms with Crippen LogP contribution in [0.2, 0.25) is 0 Å². The molecule has 1 aliphatic rings. The molecule has 2 rings (SSSR count). The van der Waals surface area contributed by atoms with E-state index in [9.17, 15) is 4.79 Å². The van der Waals surface area contributed by atoms with Gasteiger partial charge in [0.25, 0.3) is 0 Å². The van der Waals surface area contributed by atoms with E-state index in [2.05, 4.69) is 4.99 Å². The second-order valence-corrected chi connectivity index (χ2v) is 3.86. The SMILES string of the molecule is N=S1C=Nc2c(C(=O)O)cccc21. The largest absolute Gasteiger partial charge is 0.478 e. The maximum Gasteiger partial charge on any atom is 0.337 e. The summed E-state index contributed by atoms with van der Waals surface area (Å²) in [6, 6.07) is 4.89. The molecule has 1 atom stereocenters. The third-order valence-electron chi connectivity index (χ3n) is 1.75. The normalized spacial score (nSPS) is 18.6. The molecule has 2 N–H and O–H groups in total. The van der Waals surface area contributed by atoms with Gasteiger partial charge in [0.15, 0.2) is 0 Å². The molecular weight excluding hydrogens is 188 g/mol. The fraction of sp³-hybridized carbons (Fsp3) is 0. The summed E-state index contributed by atoms with van der Waals surface area (Å²) < 4.78 is 7.54. The van der Waals surface area contributed by atoms with Crippen molar-refractivity contribution in [1.82, 2.24) is 0 Å². The number of carbonyl (C=O) groups is 1. The minimum atomic E-state index is -0.993. The van der Waals surface area contributed by atoms with Crippen molar-refractivity contribution in [2.24, 2.45) is 4.99 Å². The maximum atomic E-state index is 10.7. The zero-order valence-electron chi connectivity index (χ0n) is 6.52. The molecule has 0 saturated carbocycles. The Morgan fingerprint density at radius 1 is 1.54 bits per heavy atom. The first kappa shape index (κ1) is 8.12. The summed E-state index contributed by atoms with van der Waals surface area (Å²) in [5.74, 6) is -0.993. The number of para-hydroxylation sites is 1. The molecule has 0 saturated heterocycles. The van der Waals surface area contributed by atoms with Gasteiger partial charge in [-0.15, -0.1) is 0 Å². The van der Waals surface area contributed by atoms with Gasteiger partial charge in [0, 0.05) is 0 Å². The molecule has 0 bridgehead atoms. The second kappa shape index (κ2) is 2.77. The van der Waals surface area contributed by atoms with Crippen LogP contribution >= 0.6 is 0 Å². The minimum absolute atomic E-state index is 0.177. The highest BCUT2D eigenvalue weighted by molar-refractivity contribution is 8.00. The highest BCUT2D eigenvalue weighted by Gasteiger charge is 2.18. The molecule has 0 fully saturated rings. The molecule has 66 valence electrons. The Balaban J connectivity index is 2.70. The lowest BCUT2D eigenvalue weighted by Gasteiger charge is -2.00. The summed E-state index contributed by atoms with van der Waals surface area (Å²) in [5, 5.41) is 8.80. The van der Waals surface area contributed by atoms with Gasteiger partial charge in [0.05, 0.1) is 21.7 Å². The van der Waals surface area contributed by atoms with Gasteiger partial charge in [-0.1, -0.05) is 6.07 Å². The predicted octanol–water partition coefficient (Wildman–Crippen LogP) is 1.80. The van der Waals surface area contributed by atoms with Crippen LogP contribution in [0.3, 0.4) is 0 Å². The van der Waals surface area contributed by atoms with Gasteiger partial charge < -0.3 is 5.11 Å². The van der Waals surface area contributed by atoms with Crippen LogP contribution in [0.1, 0.15) is 10.4 Å². The van der Waals surface area contributed by atoms with Crippen molar-refractivity contribution in [3.8, 4) is 0 Å². The van der Waals surface area contributed by atoms with Crippen molar-refractivity contribution in [2.75, 3.05) is 0 Å². The molecule has 0 radical (unpaired) electrons. The van der Waals surface area contributed by atoms with Crippen molar-refractivity contribution in [3.63, 3.8) is 0 Å². The summed E-state index contributed by atoms with van der Waals surface area (Å²) in [7, 11) is -0.780. The number of nitrogens with one attached hydrogen (secondary N) is 1. The van der Waals surface area contributed by atoms with E-state index in [1.165, 1.54) is 11.6 Å². The molecule has 5 heteroatoms. The number of aliphatic imine (C=N–C) groups is 1. The second-order valence-electron chi connectivity index (χ2n) is 2.53.